The number of esters is 1. The van der Waals surface area contributed by atoms with Gasteiger partial charge < -0.3 is 42.6 Å². The summed E-state index contributed by atoms with van der Waals surface area (Å²) in [4.78, 5) is 11.5. The number of ether oxygens (including phenoxy) is 9. The molecule has 0 N–H and O–H groups in total. The van der Waals surface area contributed by atoms with E-state index >= 15 is 0 Å². The first-order valence-corrected chi connectivity index (χ1v) is 18.3. The fourth-order valence-corrected chi connectivity index (χ4v) is 4.46. The first kappa shape index (κ1) is 45.2. The molecular weight excluding hydrogens is 592 g/mol. The Kier molecular flexibility index (Phi) is 36.3. The van der Waals surface area contributed by atoms with Crippen molar-refractivity contribution >= 4 is 5.97 Å². The van der Waals surface area contributed by atoms with E-state index in [1.165, 1.54) is 83.5 Å². The maximum absolute atomic E-state index is 11.5. The van der Waals surface area contributed by atoms with Gasteiger partial charge in [0.15, 0.2) is 0 Å². The lowest BCUT2D eigenvalue weighted by atomic mass is 10.0. The third-order valence-corrected chi connectivity index (χ3v) is 6.89. The molecule has 0 aliphatic carbocycles. The van der Waals surface area contributed by atoms with Gasteiger partial charge in [0.2, 0.25) is 0 Å². The average Bonchev–Trinajstić information content (AvgIpc) is 3.01. The van der Waals surface area contributed by atoms with Crippen LogP contribution in [0.1, 0.15) is 118 Å². The van der Waals surface area contributed by atoms with E-state index < -0.39 is 5.60 Å². The Morgan fingerprint density at radius 1 is 0.370 bits per heavy atom. The van der Waals surface area contributed by atoms with Crippen LogP contribution in [-0.4, -0.2) is 117 Å². The first-order chi connectivity index (χ1) is 22.5. The Labute approximate surface area is 282 Å². The minimum Gasteiger partial charge on any atom is -0.458 e. The third-order valence-electron chi connectivity index (χ3n) is 6.89. The Morgan fingerprint density at radius 3 is 0.935 bits per heavy atom. The van der Waals surface area contributed by atoms with Crippen molar-refractivity contribution in [1.29, 1.82) is 0 Å². The zero-order valence-electron chi connectivity index (χ0n) is 30.3. The average molecular weight is 665 g/mol. The van der Waals surface area contributed by atoms with Crippen molar-refractivity contribution in [2.24, 2.45) is 0 Å². The number of hydrogen-bond acceptors (Lipinski definition) is 10. The molecule has 10 nitrogen and oxygen atoms in total. The molecule has 0 radical (unpaired) electrons. The van der Waals surface area contributed by atoms with E-state index in [2.05, 4.69) is 6.92 Å². The zero-order valence-corrected chi connectivity index (χ0v) is 30.3. The Hall–Kier alpha value is -0.850. The molecule has 10 heteroatoms. The molecule has 0 amide bonds. The third kappa shape index (κ3) is 41.2. The van der Waals surface area contributed by atoms with Gasteiger partial charge in [-0.25, -0.2) is 4.79 Å². The van der Waals surface area contributed by atoms with Gasteiger partial charge in [-0.3, -0.25) is 0 Å². The highest BCUT2D eigenvalue weighted by Gasteiger charge is 2.15. The van der Waals surface area contributed by atoms with Crippen molar-refractivity contribution in [2.75, 3.05) is 106 Å². The maximum atomic E-state index is 11.5. The lowest BCUT2D eigenvalue weighted by Gasteiger charge is -2.19. The molecule has 0 unspecified atom stereocenters. The lowest BCUT2D eigenvalue weighted by Crippen LogP contribution is -2.27. The highest BCUT2D eigenvalue weighted by Crippen LogP contribution is 2.13. The van der Waals surface area contributed by atoms with E-state index in [1.807, 2.05) is 20.8 Å². The van der Waals surface area contributed by atoms with E-state index in [4.69, 9.17) is 42.6 Å². The maximum Gasteiger partial charge on any atom is 0.332 e. The van der Waals surface area contributed by atoms with Crippen LogP contribution < -0.4 is 0 Å². The topological polar surface area (TPSA) is 100 Å². The number of hydrogen-bond donors (Lipinski definition) is 0. The summed E-state index contributed by atoms with van der Waals surface area (Å²) in [6, 6.07) is 0. The van der Waals surface area contributed by atoms with Gasteiger partial charge in [-0.05, 0) is 27.2 Å². The van der Waals surface area contributed by atoms with Gasteiger partial charge in [-0.2, -0.15) is 0 Å². The summed E-state index contributed by atoms with van der Waals surface area (Å²) in [5.74, 6) is -0.378. The quantitative estimate of drug-likeness (QED) is 0.0510. The molecule has 0 spiro atoms. The number of carbonyl (C=O) groups excluding carboxylic acids is 1. The molecule has 0 aromatic carbocycles. The second-order valence-corrected chi connectivity index (χ2v) is 12.5. The van der Waals surface area contributed by atoms with Crippen LogP contribution in [0.3, 0.4) is 0 Å². The molecule has 0 rings (SSSR count). The SMILES string of the molecule is CCCCCCCCCCCCCCCCOCCOCCOCCOCCOCCOCCOCCOCC(=O)OC(C)(C)C. The van der Waals surface area contributed by atoms with Gasteiger partial charge in [0.1, 0.15) is 12.2 Å². The van der Waals surface area contributed by atoms with Crippen LogP contribution >= 0.6 is 0 Å². The molecule has 0 bridgehead atoms. The summed E-state index contributed by atoms with van der Waals surface area (Å²) in [6.07, 6.45) is 19.2. The van der Waals surface area contributed by atoms with E-state index in [1.54, 1.807) is 0 Å². The molecule has 0 fully saturated rings. The Bertz CT molecular complexity index is 600. The summed E-state index contributed by atoms with van der Waals surface area (Å²) < 4.78 is 48.9. The molecule has 0 aliphatic heterocycles. The standard InChI is InChI=1S/C36H72O10/c1-5-6-7-8-9-10-11-12-13-14-15-16-17-18-19-38-20-21-39-22-23-40-24-25-41-26-27-42-28-29-43-30-31-44-32-33-45-34-35(37)46-36(2,3)4/h5-34H2,1-4H3. The molecule has 0 aromatic rings. The molecule has 0 aliphatic rings. The predicted octanol–water partition coefficient (Wildman–Crippen LogP) is 6.94. The van der Waals surface area contributed by atoms with Gasteiger partial charge in [0.25, 0.3) is 0 Å². The zero-order chi connectivity index (χ0) is 33.7. The van der Waals surface area contributed by atoms with Crippen molar-refractivity contribution < 1.29 is 47.4 Å². The van der Waals surface area contributed by atoms with Gasteiger partial charge in [-0.15, -0.1) is 0 Å². The minimum absolute atomic E-state index is 0.0734. The monoisotopic (exact) mass is 665 g/mol. The highest BCUT2D eigenvalue weighted by atomic mass is 16.6. The summed E-state index contributed by atoms with van der Waals surface area (Å²) in [5, 5.41) is 0. The molecule has 0 aromatic heterocycles. The normalized spacial score (nSPS) is 11.8. The molecular formula is C36H72O10. The van der Waals surface area contributed by atoms with E-state index in [-0.39, 0.29) is 12.6 Å². The van der Waals surface area contributed by atoms with Crippen LogP contribution in [0.25, 0.3) is 0 Å². The summed E-state index contributed by atoms with van der Waals surface area (Å²) in [6.45, 7) is 15.6. The van der Waals surface area contributed by atoms with E-state index in [9.17, 15) is 4.79 Å². The van der Waals surface area contributed by atoms with Crippen molar-refractivity contribution in [2.45, 2.75) is 123 Å². The van der Waals surface area contributed by atoms with Crippen molar-refractivity contribution in [3.05, 3.63) is 0 Å². The molecule has 0 saturated heterocycles. The minimum atomic E-state index is -0.503. The van der Waals surface area contributed by atoms with Gasteiger partial charge >= 0.3 is 5.97 Å². The Balaban J connectivity index is 3.09. The van der Waals surface area contributed by atoms with Gasteiger partial charge in [0, 0.05) is 6.61 Å². The van der Waals surface area contributed by atoms with Crippen LogP contribution in [0.5, 0.6) is 0 Å². The fraction of sp³-hybridized carbons (Fsp3) is 0.972. The smallest absolute Gasteiger partial charge is 0.332 e. The van der Waals surface area contributed by atoms with Crippen LogP contribution in [0, 0.1) is 0 Å². The van der Waals surface area contributed by atoms with E-state index in [0.717, 1.165) is 13.0 Å². The molecule has 46 heavy (non-hydrogen) atoms. The molecule has 0 heterocycles. The van der Waals surface area contributed by atoms with Crippen molar-refractivity contribution in [3.63, 3.8) is 0 Å². The second kappa shape index (κ2) is 37.0. The second-order valence-electron chi connectivity index (χ2n) is 12.5. The molecule has 276 valence electrons. The lowest BCUT2D eigenvalue weighted by molar-refractivity contribution is -0.160. The summed E-state index contributed by atoms with van der Waals surface area (Å²) >= 11 is 0. The van der Waals surface area contributed by atoms with Crippen LogP contribution in [-0.2, 0) is 47.4 Å². The largest absolute Gasteiger partial charge is 0.458 e. The predicted molar refractivity (Wildman–Crippen MR) is 183 cm³/mol. The number of carbonyl (C=O) groups is 1. The van der Waals surface area contributed by atoms with Crippen LogP contribution in [0.4, 0.5) is 0 Å². The Morgan fingerprint density at radius 2 is 0.630 bits per heavy atom. The van der Waals surface area contributed by atoms with E-state index in [0.29, 0.717) is 92.5 Å². The number of unbranched alkanes of at least 4 members (excludes halogenated alkanes) is 13. The van der Waals surface area contributed by atoms with Crippen molar-refractivity contribution in [1.82, 2.24) is 0 Å². The fourth-order valence-electron chi connectivity index (χ4n) is 4.46. The summed E-state index contributed by atoms with van der Waals surface area (Å²) in [7, 11) is 0. The highest BCUT2D eigenvalue weighted by molar-refractivity contribution is 5.71. The summed E-state index contributed by atoms with van der Waals surface area (Å²) in [5.41, 5.74) is -0.503. The van der Waals surface area contributed by atoms with Crippen molar-refractivity contribution in [3.8, 4) is 0 Å². The number of rotatable bonds is 38. The van der Waals surface area contributed by atoms with Gasteiger partial charge in [0.05, 0.1) is 92.5 Å². The molecule has 0 atom stereocenters. The van der Waals surface area contributed by atoms with Gasteiger partial charge in [-0.1, -0.05) is 90.4 Å². The van der Waals surface area contributed by atoms with Crippen LogP contribution in [0.15, 0.2) is 0 Å². The first-order valence-electron chi connectivity index (χ1n) is 18.3. The van der Waals surface area contributed by atoms with Crippen LogP contribution in [0.2, 0.25) is 0 Å². The molecule has 0 saturated carbocycles.